The summed E-state index contributed by atoms with van der Waals surface area (Å²) in [5.74, 6) is -0.592. The molecule has 0 saturated heterocycles. The number of carbonyl (C=O) groups excluding carboxylic acids is 2. The van der Waals surface area contributed by atoms with Crippen molar-refractivity contribution in [3.8, 4) is 0 Å². The van der Waals surface area contributed by atoms with Crippen LogP contribution in [0.25, 0.3) is 0 Å². The van der Waals surface area contributed by atoms with E-state index in [1.165, 1.54) is 193 Å². The van der Waals surface area contributed by atoms with E-state index in [-0.39, 0.29) is 25.2 Å². The molecular formula is C54H100O5. The zero-order valence-corrected chi connectivity index (χ0v) is 39.5. The van der Waals surface area contributed by atoms with Crippen LogP contribution in [0.2, 0.25) is 0 Å². The van der Waals surface area contributed by atoms with Gasteiger partial charge in [-0.1, -0.05) is 249 Å². The predicted octanol–water partition coefficient (Wildman–Crippen LogP) is 17.1. The maximum absolute atomic E-state index is 12.3. The Morgan fingerprint density at radius 2 is 0.678 bits per heavy atom. The molecule has 0 aliphatic heterocycles. The van der Waals surface area contributed by atoms with Gasteiger partial charge in [-0.2, -0.15) is 0 Å². The molecule has 0 aromatic rings. The first-order chi connectivity index (χ1) is 29.1. The van der Waals surface area contributed by atoms with Crippen LogP contribution in [0.1, 0.15) is 277 Å². The van der Waals surface area contributed by atoms with E-state index in [1.807, 2.05) is 0 Å². The molecule has 1 atom stereocenters. The monoisotopic (exact) mass is 829 g/mol. The lowest BCUT2D eigenvalue weighted by molar-refractivity contribution is -0.161. The van der Waals surface area contributed by atoms with Gasteiger partial charge in [-0.25, -0.2) is 0 Å². The van der Waals surface area contributed by atoms with Crippen molar-refractivity contribution in [2.75, 3.05) is 13.2 Å². The van der Waals surface area contributed by atoms with Gasteiger partial charge in [-0.3, -0.25) is 9.59 Å². The van der Waals surface area contributed by atoms with Crippen molar-refractivity contribution in [3.63, 3.8) is 0 Å². The second-order valence-corrected chi connectivity index (χ2v) is 17.6. The third-order valence-electron chi connectivity index (χ3n) is 11.7. The standard InChI is InChI=1S/C54H100O5/c1-3-5-7-9-11-13-15-17-19-21-23-25-26-27-29-30-32-34-36-38-40-42-44-46-48-53(56)58-51-52(50-55)59-54(57)49-47-45-43-41-39-37-35-33-31-28-24-22-20-18-16-14-12-10-8-6-4-2/h16,18,22,24,31,33,52,55H,3-15,17,19-21,23,25-30,32,34-51H2,1-2H3/b18-16-,24-22-,33-31-. The summed E-state index contributed by atoms with van der Waals surface area (Å²) >= 11 is 0. The van der Waals surface area contributed by atoms with Crippen LogP contribution in [-0.2, 0) is 19.1 Å². The fraction of sp³-hybridized carbons (Fsp3) is 0.852. The lowest BCUT2D eigenvalue weighted by atomic mass is 10.0. The summed E-state index contributed by atoms with van der Waals surface area (Å²) < 4.78 is 10.7. The molecule has 0 amide bonds. The molecule has 0 saturated carbocycles. The van der Waals surface area contributed by atoms with E-state index >= 15 is 0 Å². The van der Waals surface area contributed by atoms with Crippen LogP contribution in [0.4, 0.5) is 0 Å². The molecule has 0 bridgehead atoms. The van der Waals surface area contributed by atoms with Crippen LogP contribution in [0.5, 0.6) is 0 Å². The SMILES string of the molecule is CCCCCCC/C=C\C/C=C\C/C=C\CCCCCCCCC(=O)OC(CO)COC(=O)CCCCCCCCCCCCCCCCCCCCCCCCCC. The summed E-state index contributed by atoms with van der Waals surface area (Å²) in [5, 5.41) is 9.63. The zero-order valence-electron chi connectivity index (χ0n) is 39.5. The number of esters is 2. The molecule has 0 aliphatic carbocycles. The van der Waals surface area contributed by atoms with E-state index in [1.54, 1.807) is 0 Å². The lowest BCUT2D eigenvalue weighted by Crippen LogP contribution is -2.28. The van der Waals surface area contributed by atoms with Crippen molar-refractivity contribution < 1.29 is 24.2 Å². The average molecular weight is 829 g/mol. The number of hydrogen-bond acceptors (Lipinski definition) is 5. The third-order valence-corrected chi connectivity index (χ3v) is 11.7. The summed E-state index contributed by atoms with van der Waals surface area (Å²) in [5.41, 5.74) is 0. The number of aliphatic hydroxyl groups is 1. The quantitative estimate of drug-likeness (QED) is 0.0376. The maximum atomic E-state index is 12.3. The Bertz CT molecular complexity index is 939. The van der Waals surface area contributed by atoms with E-state index in [4.69, 9.17) is 9.47 Å². The Morgan fingerprint density at radius 1 is 0.390 bits per heavy atom. The van der Waals surface area contributed by atoms with Crippen molar-refractivity contribution in [2.24, 2.45) is 0 Å². The molecule has 346 valence electrons. The van der Waals surface area contributed by atoms with Crippen molar-refractivity contribution in [1.82, 2.24) is 0 Å². The summed E-state index contributed by atoms with van der Waals surface area (Å²) in [6.45, 7) is 4.15. The Hall–Kier alpha value is -1.88. The first kappa shape index (κ1) is 57.1. The van der Waals surface area contributed by atoms with Gasteiger partial charge in [0.1, 0.15) is 6.61 Å². The van der Waals surface area contributed by atoms with Crippen LogP contribution in [0, 0.1) is 0 Å². The number of allylic oxidation sites excluding steroid dienone is 6. The van der Waals surface area contributed by atoms with Gasteiger partial charge >= 0.3 is 11.9 Å². The molecule has 0 aliphatic rings. The molecule has 0 aromatic heterocycles. The maximum Gasteiger partial charge on any atom is 0.306 e. The number of aliphatic hydroxyl groups excluding tert-OH is 1. The first-order valence-corrected chi connectivity index (χ1v) is 26.0. The van der Waals surface area contributed by atoms with Gasteiger partial charge in [-0.15, -0.1) is 0 Å². The second-order valence-electron chi connectivity index (χ2n) is 17.6. The highest BCUT2D eigenvalue weighted by Crippen LogP contribution is 2.17. The molecule has 5 nitrogen and oxygen atoms in total. The number of hydrogen-bond donors (Lipinski definition) is 1. The minimum atomic E-state index is -0.777. The van der Waals surface area contributed by atoms with E-state index < -0.39 is 6.10 Å². The third kappa shape index (κ3) is 48.7. The van der Waals surface area contributed by atoms with Gasteiger partial charge in [0.25, 0.3) is 0 Å². The summed E-state index contributed by atoms with van der Waals surface area (Å²) in [4.78, 5) is 24.5. The molecule has 0 fully saturated rings. The fourth-order valence-electron chi connectivity index (χ4n) is 7.74. The Morgan fingerprint density at radius 3 is 1.02 bits per heavy atom. The lowest BCUT2D eigenvalue weighted by Gasteiger charge is -2.15. The van der Waals surface area contributed by atoms with Crippen LogP contribution >= 0.6 is 0 Å². The van der Waals surface area contributed by atoms with Crippen LogP contribution in [0.15, 0.2) is 36.5 Å². The van der Waals surface area contributed by atoms with E-state index in [9.17, 15) is 14.7 Å². The minimum absolute atomic E-state index is 0.0676. The minimum Gasteiger partial charge on any atom is -0.462 e. The van der Waals surface area contributed by atoms with E-state index in [2.05, 4.69) is 50.3 Å². The zero-order chi connectivity index (χ0) is 42.8. The highest BCUT2D eigenvalue weighted by molar-refractivity contribution is 5.70. The smallest absolute Gasteiger partial charge is 0.306 e. The van der Waals surface area contributed by atoms with Crippen LogP contribution in [-0.4, -0.2) is 36.4 Å². The molecule has 0 spiro atoms. The number of unbranched alkanes of at least 4 members (excludes halogenated alkanes) is 34. The molecule has 1 unspecified atom stereocenters. The summed E-state index contributed by atoms with van der Waals surface area (Å²) in [7, 11) is 0. The van der Waals surface area contributed by atoms with Gasteiger partial charge < -0.3 is 14.6 Å². The molecule has 5 heteroatoms. The largest absolute Gasteiger partial charge is 0.462 e. The van der Waals surface area contributed by atoms with E-state index in [0.717, 1.165) is 57.8 Å². The van der Waals surface area contributed by atoms with Gasteiger partial charge in [-0.05, 0) is 51.4 Å². The highest BCUT2D eigenvalue weighted by Gasteiger charge is 2.16. The normalized spacial score (nSPS) is 12.4. The molecular weight excluding hydrogens is 729 g/mol. The molecule has 0 heterocycles. The summed E-state index contributed by atoms with van der Waals surface area (Å²) in [6.07, 6.45) is 63.8. The van der Waals surface area contributed by atoms with Gasteiger partial charge in [0.2, 0.25) is 0 Å². The van der Waals surface area contributed by atoms with Crippen molar-refractivity contribution in [3.05, 3.63) is 36.5 Å². The molecule has 0 rings (SSSR count). The molecule has 0 radical (unpaired) electrons. The van der Waals surface area contributed by atoms with Crippen molar-refractivity contribution >= 4 is 11.9 Å². The molecule has 0 aromatic carbocycles. The van der Waals surface area contributed by atoms with E-state index in [0.29, 0.717) is 12.8 Å². The van der Waals surface area contributed by atoms with Crippen LogP contribution in [0.3, 0.4) is 0 Å². The Labute approximate surface area is 367 Å². The fourth-order valence-corrected chi connectivity index (χ4v) is 7.74. The van der Waals surface area contributed by atoms with Gasteiger partial charge in [0.05, 0.1) is 6.61 Å². The number of rotatable bonds is 48. The van der Waals surface area contributed by atoms with Crippen LogP contribution < -0.4 is 0 Å². The summed E-state index contributed by atoms with van der Waals surface area (Å²) in [6, 6.07) is 0. The van der Waals surface area contributed by atoms with Gasteiger partial charge in [0, 0.05) is 12.8 Å². The predicted molar refractivity (Wildman–Crippen MR) is 256 cm³/mol. The molecule has 59 heavy (non-hydrogen) atoms. The topological polar surface area (TPSA) is 72.8 Å². The Kier molecular flexibility index (Phi) is 48.9. The highest BCUT2D eigenvalue weighted by atomic mass is 16.6. The molecule has 1 N–H and O–H groups in total. The Balaban J connectivity index is 3.49. The number of carbonyl (C=O) groups is 2. The van der Waals surface area contributed by atoms with Crippen molar-refractivity contribution in [1.29, 1.82) is 0 Å². The van der Waals surface area contributed by atoms with Gasteiger partial charge in [0.15, 0.2) is 6.10 Å². The first-order valence-electron chi connectivity index (χ1n) is 26.0. The number of ether oxygens (including phenoxy) is 2. The second kappa shape index (κ2) is 50.5. The average Bonchev–Trinajstić information content (AvgIpc) is 3.24. The van der Waals surface area contributed by atoms with Crippen molar-refractivity contribution in [2.45, 2.75) is 283 Å².